The number of nitrogens with one attached hydrogen (secondary N) is 1. The fourth-order valence-electron chi connectivity index (χ4n) is 4.11. The molecule has 0 fully saturated rings. The summed E-state index contributed by atoms with van der Waals surface area (Å²) in [6.07, 6.45) is 4.80. The Labute approximate surface area is 280 Å². The average molecular weight is 724 g/mol. The van der Waals surface area contributed by atoms with Gasteiger partial charge in [0, 0.05) is 49.1 Å². The van der Waals surface area contributed by atoms with Crippen molar-refractivity contribution in [3.63, 3.8) is 0 Å². The molecule has 0 aliphatic rings. The summed E-state index contributed by atoms with van der Waals surface area (Å²) in [4.78, 5) is 45.1. The van der Waals surface area contributed by atoms with Gasteiger partial charge in [-0.2, -0.15) is 0 Å². The van der Waals surface area contributed by atoms with Crippen molar-refractivity contribution in [3.05, 3.63) is 97.8 Å². The maximum Gasteiger partial charge on any atom is 0.253 e. The Morgan fingerprint density at radius 3 is 2.48 bits per heavy atom. The Morgan fingerprint density at radius 2 is 1.80 bits per heavy atom. The Morgan fingerprint density at radius 1 is 1.09 bits per heavy atom. The molecule has 3 amide bonds. The van der Waals surface area contributed by atoms with E-state index in [-0.39, 0.29) is 42.4 Å². The Balaban J connectivity index is 0.00000529. The van der Waals surface area contributed by atoms with Crippen molar-refractivity contribution < 1.29 is 19.1 Å². The predicted molar refractivity (Wildman–Crippen MR) is 180 cm³/mol. The van der Waals surface area contributed by atoms with Crippen molar-refractivity contribution in [1.29, 1.82) is 0 Å². The molecular formula is C31H31BrCl3N5O4. The zero-order valence-electron chi connectivity index (χ0n) is 24.4. The van der Waals surface area contributed by atoms with Crippen LogP contribution in [0.15, 0.2) is 65.4 Å². The maximum absolute atomic E-state index is 12.9. The SMILES string of the molecule is CCN(C)C(=O)c1ccc(C=CC(=O)NCC(=O)N(C)c2ccc(Cl)c(COc3cccn4c(Br)c(C)nc34)c2Cl)cc1.Cl. The number of nitrogens with zero attached hydrogens (tertiary/aromatic N) is 4. The molecule has 0 saturated heterocycles. The van der Waals surface area contributed by atoms with Crippen LogP contribution < -0.4 is 15.0 Å². The number of fused-ring (bicyclic) bond motifs is 1. The van der Waals surface area contributed by atoms with Crippen LogP contribution in [0.2, 0.25) is 10.0 Å². The number of benzene rings is 2. The lowest BCUT2D eigenvalue weighted by atomic mass is 10.1. The Hall–Kier alpha value is -3.57. The van der Waals surface area contributed by atoms with Gasteiger partial charge in [0.15, 0.2) is 11.4 Å². The quantitative estimate of drug-likeness (QED) is 0.186. The van der Waals surface area contributed by atoms with E-state index in [1.54, 1.807) is 67.5 Å². The van der Waals surface area contributed by atoms with Gasteiger partial charge in [0.05, 0.1) is 22.9 Å². The molecule has 0 unspecified atom stereocenters. The van der Waals surface area contributed by atoms with E-state index in [0.717, 1.165) is 15.9 Å². The van der Waals surface area contributed by atoms with Crippen molar-refractivity contribution in [2.75, 3.05) is 32.1 Å². The molecule has 2 aromatic carbocycles. The van der Waals surface area contributed by atoms with Gasteiger partial charge in [0.25, 0.3) is 5.91 Å². The fraction of sp³-hybridized carbons (Fsp3) is 0.226. The number of rotatable bonds is 10. The number of amides is 3. The second-order valence-electron chi connectivity index (χ2n) is 9.65. The molecule has 1 N–H and O–H groups in total. The van der Waals surface area contributed by atoms with Crippen molar-refractivity contribution in [3.8, 4) is 5.75 Å². The summed E-state index contributed by atoms with van der Waals surface area (Å²) in [5, 5.41) is 3.23. The molecule has 13 heteroatoms. The first kappa shape index (κ1) is 34.9. The largest absolute Gasteiger partial charge is 0.485 e. The van der Waals surface area contributed by atoms with Crippen LogP contribution in [0.25, 0.3) is 11.7 Å². The molecule has 4 rings (SSSR count). The zero-order chi connectivity index (χ0) is 31.3. The first-order valence-electron chi connectivity index (χ1n) is 13.3. The number of ether oxygens (including phenoxy) is 1. The van der Waals surface area contributed by atoms with E-state index in [0.29, 0.717) is 39.8 Å². The van der Waals surface area contributed by atoms with E-state index in [1.165, 1.54) is 11.0 Å². The minimum atomic E-state index is -0.445. The lowest BCUT2D eigenvalue weighted by molar-refractivity contribution is -0.122. The number of carbonyl (C=O) groups is 3. The minimum Gasteiger partial charge on any atom is -0.485 e. The van der Waals surface area contributed by atoms with Gasteiger partial charge >= 0.3 is 0 Å². The molecule has 0 spiro atoms. The summed E-state index contributed by atoms with van der Waals surface area (Å²) in [6, 6.07) is 13.8. The van der Waals surface area contributed by atoms with Crippen molar-refractivity contribution in [2.24, 2.45) is 0 Å². The van der Waals surface area contributed by atoms with Crippen LogP contribution in [0.3, 0.4) is 0 Å². The summed E-state index contributed by atoms with van der Waals surface area (Å²) in [5.74, 6) is -0.362. The molecule has 232 valence electrons. The van der Waals surface area contributed by atoms with Gasteiger partial charge in [-0.25, -0.2) is 4.98 Å². The number of halogens is 4. The number of likely N-dealkylation sites (N-methyl/N-ethyl adjacent to an activating group) is 1. The summed E-state index contributed by atoms with van der Waals surface area (Å²) < 4.78 is 8.74. The van der Waals surface area contributed by atoms with Crippen molar-refractivity contribution >= 4 is 86.7 Å². The third-order valence-electron chi connectivity index (χ3n) is 6.81. The molecule has 0 bridgehead atoms. The van der Waals surface area contributed by atoms with Gasteiger partial charge < -0.3 is 19.9 Å². The highest BCUT2D eigenvalue weighted by Gasteiger charge is 2.20. The van der Waals surface area contributed by atoms with Crippen LogP contribution >= 0.6 is 51.5 Å². The Bertz CT molecular complexity index is 1710. The van der Waals surface area contributed by atoms with E-state index in [9.17, 15) is 14.4 Å². The van der Waals surface area contributed by atoms with Gasteiger partial charge in [-0.05, 0) is 77.8 Å². The smallest absolute Gasteiger partial charge is 0.253 e. The van der Waals surface area contributed by atoms with Crippen molar-refractivity contribution in [2.45, 2.75) is 20.5 Å². The van der Waals surface area contributed by atoms with E-state index in [1.807, 2.05) is 30.5 Å². The number of aromatic nitrogens is 2. The highest BCUT2D eigenvalue weighted by molar-refractivity contribution is 9.10. The lowest BCUT2D eigenvalue weighted by Crippen LogP contribution is -2.37. The van der Waals surface area contributed by atoms with Crippen LogP contribution in [0.4, 0.5) is 5.69 Å². The topological polar surface area (TPSA) is 96.2 Å². The zero-order valence-corrected chi connectivity index (χ0v) is 28.4. The first-order chi connectivity index (χ1) is 20.5. The van der Waals surface area contributed by atoms with Crippen molar-refractivity contribution in [1.82, 2.24) is 19.6 Å². The molecule has 9 nitrogen and oxygen atoms in total. The van der Waals surface area contributed by atoms with E-state index in [2.05, 4.69) is 26.2 Å². The molecule has 4 aromatic rings. The van der Waals surface area contributed by atoms with E-state index < -0.39 is 5.91 Å². The number of aryl methyl sites for hydroxylation is 1. The van der Waals surface area contributed by atoms with Crippen LogP contribution in [-0.2, 0) is 16.2 Å². The number of hydrogen-bond acceptors (Lipinski definition) is 5. The minimum absolute atomic E-state index is 0. The van der Waals surface area contributed by atoms with Gasteiger partial charge in [-0.1, -0.05) is 35.3 Å². The highest BCUT2D eigenvalue weighted by Crippen LogP contribution is 2.35. The van der Waals surface area contributed by atoms with Gasteiger partial charge in [0.2, 0.25) is 11.8 Å². The fourth-order valence-corrected chi connectivity index (χ4v) is 5.09. The number of pyridine rings is 1. The normalized spacial score (nSPS) is 10.9. The second-order valence-corrected chi connectivity index (χ2v) is 11.2. The lowest BCUT2D eigenvalue weighted by Gasteiger charge is -2.21. The monoisotopic (exact) mass is 721 g/mol. The molecule has 0 aliphatic heterocycles. The van der Waals surface area contributed by atoms with Crippen LogP contribution in [0.1, 0.15) is 34.1 Å². The third kappa shape index (κ3) is 7.92. The number of carbonyl (C=O) groups excluding carboxylic acids is 3. The molecule has 0 radical (unpaired) electrons. The van der Waals surface area contributed by atoms with Gasteiger partial charge in [-0.3, -0.25) is 18.8 Å². The van der Waals surface area contributed by atoms with E-state index >= 15 is 0 Å². The van der Waals surface area contributed by atoms with Crippen LogP contribution in [0, 0.1) is 6.92 Å². The number of hydrogen-bond donors (Lipinski definition) is 1. The second kappa shape index (κ2) is 15.4. The van der Waals surface area contributed by atoms with Crippen LogP contribution in [0.5, 0.6) is 5.75 Å². The molecule has 2 aromatic heterocycles. The highest BCUT2D eigenvalue weighted by atomic mass is 79.9. The molecule has 44 heavy (non-hydrogen) atoms. The molecule has 0 aliphatic carbocycles. The summed E-state index contributed by atoms with van der Waals surface area (Å²) in [5.41, 5.74) is 3.68. The standard InChI is InChI=1S/C31H30BrCl2N5O4.ClH/c1-5-37(3)31(42)21-11-8-20(9-12-21)10-15-26(40)35-17-27(41)38(4)24-14-13-23(33)22(28(24)34)18-43-25-7-6-16-39-29(32)19(2)36-30(25)39;/h6-16H,5,17-18H2,1-4H3,(H,35,40);1H. The molecule has 0 saturated carbocycles. The van der Waals surface area contributed by atoms with Gasteiger partial charge in [0.1, 0.15) is 11.2 Å². The molecular weight excluding hydrogens is 693 g/mol. The summed E-state index contributed by atoms with van der Waals surface area (Å²) in [6.45, 7) is 4.19. The first-order valence-corrected chi connectivity index (χ1v) is 14.9. The summed E-state index contributed by atoms with van der Waals surface area (Å²) in [7, 11) is 3.30. The third-order valence-corrected chi connectivity index (χ3v) is 8.54. The Kier molecular flexibility index (Phi) is 12.2. The van der Waals surface area contributed by atoms with Gasteiger partial charge in [-0.15, -0.1) is 12.4 Å². The molecule has 0 atom stereocenters. The van der Waals surface area contributed by atoms with Crippen LogP contribution in [-0.4, -0.2) is 59.2 Å². The number of anilines is 1. The predicted octanol–water partition coefficient (Wildman–Crippen LogP) is 6.60. The summed E-state index contributed by atoms with van der Waals surface area (Å²) >= 11 is 16.7. The molecule has 2 heterocycles. The maximum atomic E-state index is 12.9. The average Bonchev–Trinajstić information content (AvgIpc) is 3.31. The van der Waals surface area contributed by atoms with E-state index in [4.69, 9.17) is 27.9 Å². The number of imidazole rings is 1.